The summed E-state index contributed by atoms with van der Waals surface area (Å²) in [5, 5.41) is 7.29. The summed E-state index contributed by atoms with van der Waals surface area (Å²) in [5.41, 5.74) is 3.98. The monoisotopic (exact) mass is 397 g/mol. The van der Waals surface area contributed by atoms with E-state index >= 15 is 0 Å². The van der Waals surface area contributed by atoms with Crippen LogP contribution in [0.4, 0.5) is 11.4 Å². The molecule has 0 bridgehead atoms. The molecule has 4 rings (SSSR count). The second kappa shape index (κ2) is 7.77. The number of hydrogen-bond donors (Lipinski definition) is 1. The molecule has 2 aromatic rings. The number of nitrogens with zero attached hydrogens (tertiary/aromatic N) is 4. The highest BCUT2D eigenvalue weighted by molar-refractivity contribution is 6.00. The minimum atomic E-state index is -0.284. The average molecular weight is 397 g/mol. The molecule has 1 N–H and O–H groups in total. The Morgan fingerprint density at radius 3 is 2.41 bits per heavy atom. The summed E-state index contributed by atoms with van der Waals surface area (Å²) in [6, 6.07) is 7.38. The van der Waals surface area contributed by atoms with Crippen molar-refractivity contribution in [3.63, 3.8) is 0 Å². The summed E-state index contributed by atoms with van der Waals surface area (Å²) in [7, 11) is 1.61. The number of aromatic amines is 1. The first-order valence-corrected chi connectivity index (χ1v) is 9.97. The third-order valence-corrected chi connectivity index (χ3v) is 5.86. The number of hydrogen-bond acceptors (Lipinski definition) is 5. The molecule has 2 saturated heterocycles. The topological polar surface area (TPSA) is 81.8 Å². The van der Waals surface area contributed by atoms with Crippen LogP contribution in [0.5, 0.6) is 5.75 Å². The Labute approximate surface area is 170 Å². The van der Waals surface area contributed by atoms with E-state index in [1.54, 1.807) is 12.0 Å². The van der Waals surface area contributed by atoms with E-state index in [1.165, 1.54) is 0 Å². The molecule has 29 heavy (non-hydrogen) atoms. The van der Waals surface area contributed by atoms with E-state index in [1.807, 2.05) is 43.0 Å². The number of aromatic nitrogens is 2. The molecule has 0 spiro atoms. The highest BCUT2D eigenvalue weighted by atomic mass is 16.5. The molecule has 2 amide bonds. The van der Waals surface area contributed by atoms with E-state index in [0.29, 0.717) is 19.6 Å². The van der Waals surface area contributed by atoms with E-state index in [0.717, 1.165) is 41.6 Å². The van der Waals surface area contributed by atoms with Crippen LogP contribution in [0, 0.1) is 19.8 Å². The van der Waals surface area contributed by atoms with Gasteiger partial charge >= 0.3 is 0 Å². The third kappa shape index (κ3) is 3.66. The zero-order valence-corrected chi connectivity index (χ0v) is 17.1. The fourth-order valence-electron chi connectivity index (χ4n) is 4.30. The van der Waals surface area contributed by atoms with Crippen molar-refractivity contribution in [2.75, 3.05) is 49.6 Å². The van der Waals surface area contributed by atoms with Crippen molar-refractivity contribution in [2.45, 2.75) is 20.3 Å². The number of aryl methyl sites for hydroxylation is 2. The van der Waals surface area contributed by atoms with Crippen LogP contribution in [-0.2, 0) is 9.59 Å². The maximum absolute atomic E-state index is 13.0. The number of ether oxygens (including phenoxy) is 1. The molecule has 154 valence electrons. The summed E-state index contributed by atoms with van der Waals surface area (Å²) in [5.74, 6) is 0.536. The summed E-state index contributed by atoms with van der Waals surface area (Å²) in [6.45, 7) is 7.32. The molecule has 8 heteroatoms. The predicted molar refractivity (Wildman–Crippen MR) is 110 cm³/mol. The zero-order chi connectivity index (χ0) is 20.5. The van der Waals surface area contributed by atoms with E-state index in [-0.39, 0.29) is 24.2 Å². The van der Waals surface area contributed by atoms with Gasteiger partial charge in [-0.15, -0.1) is 0 Å². The summed E-state index contributed by atoms with van der Waals surface area (Å²) in [4.78, 5) is 31.4. The third-order valence-electron chi connectivity index (χ3n) is 5.86. The van der Waals surface area contributed by atoms with Gasteiger partial charge in [0.2, 0.25) is 11.8 Å². The molecule has 0 radical (unpaired) electrons. The standard InChI is InChI=1S/C21H27N5O3/c1-14-20(15(2)23-22-14)24-8-10-25(11-9-24)21(28)16-12-19(27)26(13-16)17-4-6-18(29-3)7-5-17/h4-7,16H,8-13H2,1-3H3,(H,22,23). The molecule has 2 aliphatic rings. The zero-order valence-electron chi connectivity index (χ0n) is 17.1. The number of benzene rings is 1. The lowest BCUT2D eigenvalue weighted by atomic mass is 10.1. The van der Waals surface area contributed by atoms with Gasteiger partial charge in [-0.1, -0.05) is 0 Å². The van der Waals surface area contributed by atoms with Crippen molar-refractivity contribution >= 4 is 23.2 Å². The van der Waals surface area contributed by atoms with E-state index in [9.17, 15) is 9.59 Å². The fraction of sp³-hybridized carbons (Fsp3) is 0.476. The Bertz CT molecular complexity index is 880. The van der Waals surface area contributed by atoms with Gasteiger partial charge in [-0.25, -0.2) is 0 Å². The first-order valence-electron chi connectivity index (χ1n) is 9.97. The number of amides is 2. The van der Waals surface area contributed by atoms with Gasteiger partial charge in [-0.05, 0) is 38.1 Å². The van der Waals surface area contributed by atoms with Crippen LogP contribution in [-0.4, -0.2) is 66.7 Å². The lowest BCUT2D eigenvalue weighted by Gasteiger charge is -2.37. The SMILES string of the molecule is COc1ccc(N2CC(C(=O)N3CCN(c4c(C)n[nH]c4C)CC3)CC2=O)cc1. The van der Waals surface area contributed by atoms with Crippen molar-refractivity contribution in [2.24, 2.45) is 5.92 Å². The summed E-state index contributed by atoms with van der Waals surface area (Å²) >= 11 is 0. The fourth-order valence-corrected chi connectivity index (χ4v) is 4.30. The molecule has 1 aromatic carbocycles. The Balaban J connectivity index is 1.37. The minimum absolute atomic E-state index is 0.00296. The quantitative estimate of drug-likeness (QED) is 0.850. The van der Waals surface area contributed by atoms with Gasteiger partial charge in [0.25, 0.3) is 0 Å². The molecule has 1 aromatic heterocycles. The summed E-state index contributed by atoms with van der Waals surface area (Å²) < 4.78 is 5.17. The Hall–Kier alpha value is -3.03. The molecular weight excluding hydrogens is 370 g/mol. The highest BCUT2D eigenvalue weighted by Crippen LogP contribution is 2.29. The predicted octanol–water partition coefficient (Wildman–Crippen LogP) is 1.74. The molecule has 1 atom stereocenters. The van der Waals surface area contributed by atoms with E-state index < -0.39 is 0 Å². The lowest BCUT2D eigenvalue weighted by Crippen LogP contribution is -2.51. The largest absolute Gasteiger partial charge is 0.497 e. The molecule has 0 aliphatic carbocycles. The molecular formula is C21H27N5O3. The maximum atomic E-state index is 13.0. The number of rotatable bonds is 4. The van der Waals surface area contributed by atoms with Crippen LogP contribution in [0.1, 0.15) is 17.8 Å². The van der Waals surface area contributed by atoms with Gasteiger partial charge in [0.15, 0.2) is 0 Å². The van der Waals surface area contributed by atoms with Crippen molar-refractivity contribution in [3.8, 4) is 5.75 Å². The van der Waals surface area contributed by atoms with Crippen LogP contribution >= 0.6 is 0 Å². The van der Waals surface area contributed by atoms with Crippen LogP contribution in [0.3, 0.4) is 0 Å². The van der Waals surface area contributed by atoms with Gasteiger partial charge in [0.05, 0.1) is 30.1 Å². The van der Waals surface area contributed by atoms with Crippen molar-refractivity contribution in [3.05, 3.63) is 35.7 Å². The molecule has 2 aliphatic heterocycles. The van der Waals surface area contributed by atoms with Crippen molar-refractivity contribution in [1.82, 2.24) is 15.1 Å². The number of methoxy groups -OCH3 is 1. The number of piperazine rings is 1. The number of anilines is 2. The van der Waals surface area contributed by atoms with Crippen LogP contribution in [0.25, 0.3) is 0 Å². The van der Waals surface area contributed by atoms with Crippen LogP contribution in [0.2, 0.25) is 0 Å². The van der Waals surface area contributed by atoms with Crippen LogP contribution in [0.15, 0.2) is 24.3 Å². The normalized spacial score (nSPS) is 19.8. The molecule has 3 heterocycles. The first-order chi connectivity index (χ1) is 14.0. The summed E-state index contributed by atoms with van der Waals surface area (Å²) in [6.07, 6.45) is 0.269. The van der Waals surface area contributed by atoms with Crippen LogP contribution < -0.4 is 14.5 Å². The molecule has 2 fully saturated rings. The maximum Gasteiger partial charge on any atom is 0.228 e. The van der Waals surface area contributed by atoms with Gasteiger partial charge in [0.1, 0.15) is 5.75 Å². The average Bonchev–Trinajstić information content (AvgIpc) is 3.29. The smallest absolute Gasteiger partial charge is 0.228 e. The van der Waals surface area contributed by atoms with Gasteiger partial charge < -0.3 is 19.4 Å². The number of nitrogens with one attached hydrogen (secondary N) is 1. The highest BCUT2D eigenvalue weighted by Gasteiger charge is 2.38. The van der Waals surface area contributed by atoms with Gasteiger partial charge in [-0.3, -0.25) is 14.7 Å². The van der Waals surface area contributed by atoms with Gasteiger partial charge in [-0.2, -0.15) is 5.10 Å². The van der Waals surface area contributed by atoms with E-state index in [2.05, 4.69) is 15.1 Å². The second-order valence-electron chi connectivity index (χ2n) is 7.70. The first kappa shape index (κ1) is 19.3. The van der Waals surface area contributed by atoms with E-state index in [4.69, 9.17) is 4.74 Å². The Morgan fingerprint density at radius 2 is 1.83 bits per heavy atom. The minimum Gasteiger partial charge on any atom is -0.497 e. The molecule has 8 nitrogen and oxygen atoms in total. The molecule has 1 unspecified atom stereocenters. The van der Waals surface area contributed by atoms with Gasteiger partial charge in [0, 0.05) is 44.8 Å². The van der Waals surface area contributed by atoms with Crippen molar-refractivity contribution < 1.29 is 14.3 Å². The second-order valence-corrected chi connectivity index (χ2v) is 7.70. The Kier molecular flexibility index (Phi) is 5.17. The number of carbonyl (C=O) groups is 2. The number of carbonyl (C=O) groups excluding carboxylic acids is 2. The molecule has 0 saturated carbocycles. The van der Waals surface area contributed by atoms with Crippen molar-refractivity contribution in [1.29, 1.82) is 0 Å². The Morgan fingerprint density at radius 1 is 1.14 bits per heavy atom. The number of H-pyrrole nitrogens is 1. The lowest BCUT2D eigenvalue weighted by molar-refractivity contribution is -0.136.